The van der Waals surface area contributed by atoms with Crippen molar-refractivity contribution < 1.29 is 9.59 Å². The molecule has 0 aliphatic carbocycles. The Bertz CT molecular complexity index is 1020. The minimum absolute atomic E-state index is 0.142. The van der Waals surface area contributed by atoms with E-state index in [4.69, 9.17) is 0 Å². The minimum Gasteiger partial charge on any atom is -0.339 e. The van der Waals surface area contributed by atoms with Crippen molar-refractivity contribution >= 4 is 34.7 Å². The van der Waals surface area contributed by atoms with Gasteiger partial charge in [-0.3, -0.25) is 9.59 Å². The number of rotatable bonds is 5. The fraction of sp³-hybridized carbons (Fsp3) is 0.143. The molecule has 3 rings (SSSR count). The lowest BCUT2D eigenvalue weighted by Crippen LogP contribution is -2.15. The fourth-order valence-corrected chi connectivity index (χ4v) is 2.62. The number of aryl methyl sites for hydroxylation is 1. The van der Waals surface area contributed by atoms with E-state index in [1.54, 1.807) is 24.3 Å². The molecule has 7 nitrogen and oxygen atoms in total. The van der Waals surface area contributed by atoms with Crippen LogP contribution in [0.1, 0.15) is 28.5 Å². The third kappa shape index (κ3) is 4.70. The lowest BCUT2D eigenvalue weighted by Gasteiger charge is -2.10. The zero-order chi connectivity index (χ0) is 20.1. The number of aromatic nitrogens is 2. The van der Waals surface area contributed by atoms with Crippen LogP contribution in [0.25, 0.3) is 0 Å². The van der Waals surface area contributed by atoms with Crippen LogP contribution in [0, 0.1) is 13.8 Å². The van der Waals surface area contributed by atoms with Crippen molar-refractivity contribution in [2.75, 3.05) is 16.0 Å². The highest BCUT2D eigenvalue weighted by molar-refractivity contribution is 6.03. The molecule has 142 valence electrons. The average Bonchev–Trinajstić information content (AvgIpc) is 2.66. The first kappa shape index (κ1) is 19.0. The predicted molar refractivity (Wildman–Crippen MR) is 110 cm³/mol. The molecule has 0 saturated carbocycles. The van der Waals surface area contributed by atoms with E-state index < -0.39 is 0 Å². The highest BCUT2D eigenvalue weighted by Gasteiger charge is 2.11. The summed E-state index contributed by atoms with van der Waals surface area (Å²) in [7, 11) is 0. The Kier molecular flexibility index (Phi) is 5.64. The largest absolute Gasteiger partial charge is 0.339 e. The summed E-state index contributed by atoms with van der Waals surface area (Å²) in [6.07, 6.45) is 0. The highest BCUT2D eigenvalue weighted by Crippen LogP contribution is 2.20. The maximum atomic E-state index is 12.4. The molecular formula is C21H21N5O2. The van der Waals surface area contributed by atoms with Crippen molar-refractivity contribution in [1.82, 2.24) is 10.2 Å². The van der Waals surface area contributed by atoms with E-state index in [2.05, 4.69) is 26.1 Å². The Hall–Kier alpha value is -3.74. The second kappa shape index (κ2) is 8.30. The molecule has 0 spiro atoms. The monoisotopic (exact) mass is 375 g/mol. The predicted octanol–water partition coefficient (Wildman–Crippen LogP) is 4.05. The molecule has 0 aliphatic heterocycles. The van der Waals surface area contributed by atoms with Crippen LogP contribution < -0.4 is 16.0 Å². The van der Waals surface area contributed by atoms with Crippen molar-refractivity contribution in [3.05, 3.63) is 71.4 Å². The van der Waals surface area contributed by atoms with Gasteiger partial charge in [-0.05, 0) is 61.4 Å². The molecule has 0 atom stereocenters. The van der Waals surface area contributed by atoms with Crippen LogP contribution in [0.5, 0.6) is 0 Å². The molecule has 3 aromatic rings. The van der Waals surface area contributed by atoms with E-state index in [0.717, 1.165) is 22.5 Å². The minimum atomic E-state index is -0.319. The van der Waals surface area contributed by atoms with Crippen molar-refractivity contribution in [2.24, 2.45) is 0 Å². The SMILES string of the molecule is CC(=O)Nc1cccc(Nc2ccc(C(=O)Nc3cccc(C)c3C)nn2)c1. The van der Waals surface area contributed by atoms with Crippen LogP contribution >= 0.6 is 0 Å². The van der Waals surface area contributed by atoms with Gasteiger partial charge in [-0.1, -0.05) is 18.2 Å². The first-order chi connectivity index (χ1) is 13.4. The zero-order valence-electron chi connectivity index (χ0n) is 15.9. The van der Waals surface area contributed by atoms with Crippen LogP contribution in [0.4, 0.5) is 22.9 Å². The molecule has 3 N–H and O–H groups in total. The average molecular weight is 375 g/mol. The molecule has 0 bridgehead atoms. The first-order valence-corrected chi connectivity index (χ1v) is 8.78. The molecule has 2 aromatic carbocycles. The number of carbonyl (C=O) groups excluding carboxylic acids is 2. The van der Waals surface area contributed by atoms with Crippen molar-refractivity contribution in [3.8, 4) is 0 Å². The quantitative estimate of drug-likeness (QED) is 0.625. The summed E-state index contributed by atoms with van der Waals surface area (Å²) in [4.78, 5) is 23.6. The normalized spacial score (nSPS) is 10.2. The van der Waals surface area contributed by atoms with Gasteiger partial charge in [0.1, 0.15) is 0 Å². The molecule has 28 heavy (non-hydrogen) atoms. The fourth-order valence-electron chi connectivity index (χ4n) is 2.62. The van der Waals surface area contributed by atoms with Crippen LogP contribution in [0.3, 0.4) is 0 Å². The Morgan fingerprint density at radius 3 is 2.32 bits per heavy atom. The van der Waals surface area contributed by atoms with Crippen LogP contribution in [0.15, 0.2) is 54.6 Å². The van der Waals surface area contributed by atoms with Crippen LogP contribution in [-0.2, 0) is 4.79 Å². The van der Waals surface area contributed by atoms with Crippen LogP contribution in [0.2, 0.25) is 0 Å². The lowest BCUT2D eigenvalue weighted by molar-refractivity contribution is -0.114. The van der Waals surface area contributed by atoms with Gasteiger partial charge in [0.05, 0.1) is 0 Å². The van der Waals surface area contributed by atoms with Gasteiger partial charge in [-0.15, -0.1) is 10.2 Å². The van der Waals surface area contributed by atoms with Gasteiger partial charge < -0.3 is 16.0 Å². The van der Waals surface area contributed by atoms with Crippen molar-refractivity contribution in [3.63, 3.8) is 0 Å². The maximum absolute atomic E-state index is 12.4. The summed E-state index contributed by atoms with van der Waals surface area (Å²) in [5.41, 5.74) is 4.51. The van der Waals surface area contributed by atoms with E-state index in [1.165, 1.54) is 6.92 Å². The number of anilines is 4. The molecule has 2 amide bonds. The van der Waals surface area contributed by atoms with E-state index in [-0.39, 0.29) is 17.5 Å². The zero-order valence-corrected chi connectivity index (χ0v) is 15.9. The van der Waals surface area contributed by atoms with E-state index in [9.17, 15) is 9.59 Å². The summed E-state index contributed by atoms with van der Waals surface area (Å²) in [6.45, 7) is 5.40. The molecular weight excluding hydrogens is 354 g/mol. The number of nitrogens with zero attached hydrogens (tertiary/aromatic N) is 2. The third-order valence-electron chi connectivity index (χ3n) is 4.21. The Morgan fingerprint density at radius 1 is 0.857 bits per heavy atom. The Morgan fingerprint density at radius 2 is 1.61 bits per heavy atom. The first-order valence-electron chi connectivity index (χ1n) is 8.78. The summed E-state index contributed by atoms with van der Waals surface area (Å²) >= 11 is 0. The highest BCUT2D eigenvalue weighted by atomic mass is 16.2. The topological polar surface area (TPSA) is 96.0 Å². The molecule has 0 fully saturated rings. The standard InChI is InChI=1S/C21H21N5O2/c1-13-6-4-9-18(14(13)2)24-21(28)19-10-11-20(26-25-19)23-17-8-5-7-16(12-17)22-15(3)27/h4-12H,1-3H3,(H,22,27)(H,23,26)(H,24,28). The van der Waals surface area contributed by atoms with E-state index in [1.807, 2.05) is 44.2 Å². The number of nitrogens with one attached hydrogen (secondary N) is 3. The molecule has 0 radical (unpaired) electrons. The van der Waals surface area contributed by atoms with Gasteiger partial charge in [-0.2, -0.15) is 0 Å². The molecule has 0 unspecified atom stereocenters. The second-order valence-corrected chi connectivity index (χ2v) is 6.39. The van der Waals surface area contributed by atoms with E-state index in [0.29, 0.717) is 11.5 Å². The number of hydrogen-bond acceptors (Lipinski definition) is 5. The number of amides is 2. The van der Waals surface area contributed by atoms with Gasteiger partial charge in [0.2, 0.25) is 5.91 Å². The smallest absolute Gasteiger partial charge is 0.276 e. The van der Waals surface area contributed by atoms with Crippen molar-refractivity contribution in [2.45, 2.75) is 20.8 Å². The number of carbonyl (C=O) groups is 2. The molecule has 1 aromatic heterocycles. The lowest BCUT2D eigenvalue weighted by atomic mass is 10.1. The van der Waals surface area contributed by atoms with E-state index >= 15 is 0 Å². The summed E-state index contributed by atoms with van der Waals surface area (Å²) in [5.74, 6) is 0.0276. The van der Waals surface area contributed by atoms with Crippen LogP contribution in [-0.4, -0.2) is 22.0 Å². The summed E-state index contributed by atoms with van der Waals surface area (Å²) in [5, 5.41) is 16.7. The molecule has 0 aliphatic rings. The van der Waals surface area contributed by atoms with Gasteiger partial charge in [0, 0.05) is 24.0 Å². The number of benzene rings is 2. The van der Waals surface area contributed by atoms with Gasteiger partial charge >= 0.3 is 0 Å². The Balaban J connectivity index is 1.69. The van der Waals surface area contributed by atoms with Gasteiger partial charge in [-0.25, -0.2) is 0 Å². The van der Waals surface area contributed by atoms with Gasteiger partial charge in [0.25, 0.3) is 5.91 Å². The summed E-state index contributed by atoms with van der Waals surface area (Å²) in [6, 6.07) is 16.2. The summed E-state index contributed by atoms with van der Waals surface area (Å²) < 4.78 is 0. The van der Waals surface area contributed by atoms with Gasteiger partial charge in [0.15, 0.2) is 11.5 Å². The Labute approximate surface area is 163 Å². The molecule has 1 heterocycles. The number of hydrogen-bond donors (Lipinski definition) is 3. The van der Waals surface area contributed by atoms with Crippen molar-refractivity contribution in [1.29, 1.82) is 0 Å². The maximum Gasteiger partial charge on any atom is 0.276 e. The molecule has 0 saturated heterocycles. The molecule has 7 heteroatoms. The third-order valence-corrected chi connectivity index (χ3v) is 4.21. The second-order valence-electron chi connectivity index (χ2n) is 6.39.